The quantitative estimate of drug-likeness (QED) is 0.548. The SMILES string of the molecule is CC(CNS(=O)(=O)c1cc(Br)cnc1NN)C(C)(C)C. The van der Waals surface area contributed by atoms with Crippen LogP contribution < -0.4 is 16.0 Å². The van der Waals surface area contributed by atoms with Crippen LogP contribution in [0.25, 0.3) is 0 Å². The summed E-state index contributed by atoms with van der Waals surface area (Å²) in [7, 11) is -3.67. The number of nitrogen functional groups attached to an aromatic ring is 1. The molecule has 1 heterocycles. The Morgan fingerprint density at radius 3 is 2.55 bits per heavy atom. The standard InChI is InChI=1S/C12H21BrN4O2S/c1-8(12(2,3)4)6-16-20(18,19)10-5-9(13)7-15-11(10)17-14/h5,7-8,16H,6,14H2,1-4H3,(H,15,17). The predicted octanol–water partition coefficient (Wildman–Crippen LogP) is 2.09. The maximum atomic E-state index is 12.3. The van der Waals surface area contributed by atoms with E-state index in [2.05, 4.69) is 51.8 Å². The smallest absolute Gasteiger partial charge is 0.244 e. The Labute approximate surface area is 128 Å². The fraction of sp³-hybridized carbons (Fsp3) is 0.583. The number of halogens is 1. The zero-order valence-corrected chi connectivity index (χ0v) is 14.5. The number of hydrogen-bond acceptors (Lipinski definition) is 5. The number of aromatic nitrogens is 1. The zero-order valence-electron chi connectivity index (χ0n) is 12.1. The third kappa shape index (κ3) is 4.41. The third-order valence-corrected chi connectivity index (χ3v) is 5.17. The maximum absolute atomic E-state index is 12.3. The van der Waals surface area contributed by atoms with E-state index in [1.165, 1.54) is 12.3 Å². The van der Waals surface area contributed by atoms with Gasteiger partial charge in [0.1, 0.15) is 4.90 Å². The van der Waals surface area contributed by atoms with Gasteiger partial charge in [0.05, 0.1) is 0 Å². The van der Waals surface area contributed by atoms with Crippen molar-refractivity contribution in [2.45, 2.75) is 32.6 Å². The van der Waals surface area contributed by atoms with Crippen LogP contribution in [0.15, 0.2) is 21.6 Å². The van der Waals surface area contributed by atoms with Crippen molar-refractivity contribution in [2.75, 3.05) is 12.0 Å². The molecule has 1 atom stereocenters. The third-order valence-electron chi connectivity index (χ3n) is 3.30. The largest absolute Gasteiger partial charge is 0.307 e. The highest BCUT2D eigenvalue weighted by molar-refractivity contribution is 9.10. The van der Waals surface area contributed by atoms with Crippen molar-refractivity contribution in [3.63, 3.8) is 0 Å². The lowest BCUT2D eigenvalue weighted by molar-refractivity contribution is 0.263. The Balaban J connectivity index is 2.98. The minimum Gasteiger partial charge on any atom is -0.307 e. The molecule has 1 unspecified atom stereocenters. The van der Waals surface area contributed by atoms with E-state index in [4.69, 9.17) is 5.84 Å². The van der Waals surface area contributed by atoms with Crippen LogP contribution in [0, 0.1) is 11.3 Å². The van der Waals surface area contributed by atoms with E-state index in [1.807, 2.05) is 6.92 Å². The van der Waals surface area contributed by atoms with Crippen molar-refractivity contribution in [3.8, 4) is 0 Å². The van der Waals surface area contributed by atoms with Crippen molar-refractivity contribution in [2.24, 2.45) is 17.2 Å². The highest BCUT2D eigenvalue weighted by Gasteiger charge is 2.24. The summed E-state index contributed by atoms with van der Waals surface area (Å²) in [6.07, 6.45) is 1.48. The number of sulfonamides is 1. The lowest BCUT2D eigenvalue weighted by Crippen LogP contribution is -2.34. The predicted molar refractivity (Wildman–Crippen MR) is 83.6 cm³/mol. The molecule has 114 valence electrons. The summed E-state index contributed by atoms with van der Waals surface area (Å²) in [4.78, 5) is 3.96. The summed E-state index contributed by atoms with van der Waals surface area (Å²) in [5.41, 5.74) is 2.32. The molecule has 0 aliphatic heterocycles. The van der Waals surface area contributed by atoms with Gasteiger partial charge in [-0.25, -0.2) is 24.0 Å². The summed E-state index contributed by atoms with van der Waals surface area (Å²) in [5.74, 6) is 5.60. The van der Waals surface area contributed by atoms with Crippen LogP contribution in [0.4, 0.5) is 5.82 Å². The van der Waals surface area contributed by atoms with Gasteiger partial charge in [-0.15, -0.1) is 0 Å². The number of nitrogens with two attached hydrogens (primary N) is 1. The fourth-order valence-corrected chi connectivity index (χ4v) is 3.11. The molecule has 0 saturated carbocycles. The molecule has 0 saturated heterocycles. The summed E-state index contributed by atoms with van der Waals surface area (Å²) in [5, 5.41) is 0. The molecule has 4 N–H and O–H groups in total. The van der Waals surface area contributed by atoms with Crippen molar-refractivity contribution in [1.82, 2.24) is 9.71 Å². The second-order valence-corrected chi connectivity index (χ2v) is 8.41. The molecular formula is C12H21BrN4O2S. The van der Waals surface area contributed by atoms with Crippen LogP contribution in [0.1, 0.15) is 27.7 Å². The Morgan fingerprint density at radius 1 is 1.45 bits per heavy atom. The average molecular weight is 365 g/mol. The van der Waals surface area contributed by atoms with Crippen LogP contribution >= 0.6 is 15.9 Å². The molecule has 1 aromatic heterocycles. The molecule has 0 amide bonds. The Morgan fingerprint density at radius 2 is 2.05 bits per heavy atom. The molecule has 0 aromatic carbocycles. The van der Waals surface area contributed by atoms with Crippen LogP contribution in [0.5, 0.6) is 0 Å². The highest BCUT2D eigenvalue weighted by atomic mass is 79.9. The highest BCUT2D eigenvalue weighted by Crippen LogP contribution is 2.26. The normalized spacial score (nSPS) is 14.1. The number of nitrogens with zero attached hydrogens (tertiary/aromatic N) is 1. The molecule has 0 fully saturated rings. The molecule has 0 radical (unpaired) electrons. The van der Waals surface area contributed by atoms with E-state index in [1.54, 1.807) is 0 Å². The van der Waals surface area contributed by atoms with Gasteiger partial charge in [-0.3, -0.25) is 0 Å². The first-order chi connectivity index (χ1) is 9.08. The van der Waals surface area contributed by atoms with Gasteiger partial charge in [-0.1, -0.05) is 27.7 Å². The monoisotopic (exact) mass is 364 g/mol. The molecule has 0 bridgehead atoms. The topological polar surface area (TPSA) is 97.1 Å². The van der Waals surface area contributed by atoms with Gasteiger partial charge in [-0.2, -0.15) is 0 Å². The molecule has 8 heteroatoms. The van der Waals surface area contributed by atoms with Gasteiger partial charge in [-0.05, 0) is 33.3 Å². The van der Waals surface area contributed by atoms with E-state index in [9.17, 15) is 8.42 Å². The van der Waals surface area contributed by atoms with Crippen LogP contribution in [0.2, 0.25) is 0 Å². The second-order valence-electron chi connectivity index (χ2n) is 5.76. The summed E-state index contributed by atoms with van der Waals surface area (Å²) < 4.78 is 27.8. The fourth-order valence-electron chi connectivity index (χ4n) is 1.35. The number of rotatable bonds is 5. The van der Waals surface area contributed by atoms with Crippen molar-refractivity contribution >= 4 is 31.8 Å². The minimum atomic E-state index is -3.67. The lowest BCUT2D eigenvalue weighted by Gasteiger charge is -2.27. The first-order valence-corrected chi connectivity index (χ1v) is 8.47. The van der Waals surface area contributed by atoms with Gasteiger partial charge in [0.15, 0.2) is 5.82 Å². The minimum absolute atomic E-state index is 0.0208. The first-order valence-electron chi connectivity index (χ1n) is 6.19. The van der Waals surface area contributed by atoms with Crippen LogP contribution in [0.3, 0.4) is 0 Å². The van der Waals surface area contributed by atoms with E-state index in [0.717, 1.165) is 0 Å². The maximum Gasteiger partial charge on any atom is 0.244 e. The molecule has 0 aliphatic rings. The summed E-state index contributed by atoms with van der Waals surface area (Å²) >= 11 is 3.21. The van der Waals surface area contributed by atoms with Crippen molar-refractivity contribution in [3.05, 3.63) is 16.7 Å². The van der Waals surface area contributed by atoms with Gasteiger partial charge in [0.25, 0.3) is 0 Å². The second kappa shape index (κ2) is 6.38. The van der Waals surface area contributed by atoms with E-state index in [-0.39, 0.29) is 22.0 Å². The molecule has 1 rings (SSSR count). The molecule has 1 aromatic rings. The van der Waals surface area contributed by atoms with Crippen molar-refractivity contribution < 1.29 is 8.42 Å². The van der Waals surface area contributed by atoms with Gasteiger partial charge in [0.2, 0.25) is 10.0 Å². The van der Waals surface area contributed by atoms with Crippen LogP contribution in [-0.4, -0.2) is 19.9 Å². The lowest BCUT2D eigenvalue weighted by atomic mass is 9.82. The van der Waals surface area contributed by atoms with Crippen molar-refractivity contribution in [1.29, 1.82) is 0 Å². The summed E-state index contributed by atoms with van der Waals surface area (Å²) in [6.45, 7) is 8.56. The Hall–Kier alpha value is -0.700. The number of pyridine rings is 1. The Kier molecular flexibility index (Phi) is 5.54. The molecule has 20 heavy (non-hydrogen) atoms. The molecular weight excluding hydrogens is 344 g/mol. The average Bonchev–Trinajstić information content (AvgIpc) is 2.34. The van der Waals surface area contributed by atoms with Gasteiger partial charge < -0.3 is 5.43 Å². The number of nitrogens with one attached hydrogen (secondary N) is 2. The number of hydrogen-bond donors (Lipinski definition) is 3. The van der Waals surface area contributed by atoms with E-state index >= 15 is 0 Å². The van der Waals surface area contributed by atoms with Crippen LogP contribution in [-0.2, 0) is 10.0 Å². The number of hydrazine groups is 1. The zero-order chi connectivity index (χ0) is 15.6. The van der Waals surface area contributed by atoms with Gasteiger partial charge >= 0.3 is 0 Å². The number of anilines is 1. The van der Waals surface area contributed by atoms with E-state index < -0.39 is 10.0 Å². The van der Waals surface area contributed by atoms with Gasteiger partial charge in [0, 0.05) is 17.2 Å². The summed E-state index contributed by atoms with van der Waals surface area (Å²) in [6, 6.07) is 1.46. The Bertz CT molecular complexity index is 569. The molecule has 0 aliphatic carbocycles. The molecule has 0 spiro atoms. The van der Waals surface area contributed by atoms with E-state index in [0.29, 0.717) is 11.0 Å². The first kappa shape index (κ1) is 17.4. The molecule has 6 nitrogen and oxygen atoms in total.